The van der Waals surface area contributed by atoms with Gasteiger partial charge in [-0.1, -0.05) is 0 Å². The van der Waals surface area contributed by atoms with E-state index < -0.39 is 5.82 Å². The van der Waals surface area contributed by atoms with Crippen molar-refractivity contribution in [3.05, 3.63) is 40.1 Å². The first-order valence-corrected chi connectivity index (χ1v) is 8.35. The molecular formula is C14H15FN2O2S2. The van der Waals surface area contributed by atoms with Crippen LogP contribution in [0.15, 0.2) is 23.6 Å². The molecule has 0 aliphatic rings. The lowest BCUT2D eigenvalue weighted by atomic mass is 10.3. The number of hydrogen-bond acceptors (Lipinski definition) is 5. The molecule has 0 aliphatic carbocycles. The van der Waals surface area contributed by atoms with Crippen LogP contribution < -0.4 is 5.32 Å². The Morgan fingerprint density at radius 1 is 1.52 bits per heavy atom. The third-order valence-electron chi connectivity index (χ3n) is 2.62. The zero-order chi connectivity index (χ0) is 15.2. The van der Waals surface area contributed by atoms with Gasteiger partial charge in [0.1, 0.15) is 11.6 Å². The van der Waals surface area contributed by atoms with E-state index in [-0.39, 0.29) is 17.3 Å². The smallest absolute Gasteiger partial charge is 0.225 e. The highest BCUT2D eigenvalue weighted by molar-refractivity contribution is 7.98. The number of benzene rings is 1. The van der Waals surface area contributed by atoms with Gasteiger partial charge in [-0.15, -0.1) is 11.3 Å². The van der Waals surface area contributed by atoms with E-state index in [0.29, 0.717) is 12.2 Å². The second-order valence-corrected chi connectivity index (χ2v) is 6.54. The summed E-state index contributed by atoms with van der Waals surface area (Å²) < 4.78 is 13.4. The van der Waals surface area contributed by atoms with Gasteiger partial charge >= 0.3 is 0 Å². The normalized spacial score (nSPS) is 10.6. The number of rotatable bonds is 6. The molecule has 0 radical (unpaired) electrons. The SMILES string of the molecule is Cc1nc(CSCCC(=O)Nc2ccc(O)cc2F)cs1. The van der Waals surface area contributed by atoms with Crippen molar-refractivity contribution < 1.29 is 14.3 Å². The number of phenolic OH excluding ortho intramolecular Hbond substituents is 1. The number of thiazole rings is 1. The largest absolute Gasteiger partial charge is 0.508 e. The summed E-state index contributed by atoms with van der Waals surface area (Å²) in [7, 11) is 0. The van der Waals surface area contributed by atoms with E-state index in [9.17, 15) is 9.18 Å². The Bertz CT molecular complexity index is 631. The molecule has 2 N–H and O–H groups in total. The molecule has 0 saturated carbocycles. The standard InChI is InChI=1S/C14H15FN2O2S2/c1-9-16-10(8-21-9)7-20-5-4-14(19)17-13-3-2-11(18)6-12(13)15/h2-3,6,8,18H,4-5,7H2,1H3,(H,17,19). The van der Waals surface area contributed by atoms with E-state index in [0.717, 1.165) is 22.5 Å². The van der Waals surface area contributed by atoms with Gasteiger partial charge in [-0.05, 0) is 19.1 Å². The van der Waals surface area contributed by atoms with Crippen LogP contribution in [0.2, 0.25) is 0 Å². The lowest BCUT2D eigenvalue weighted by molar-refractivity contribution is -0.115. The Kier molecular flexibility index (Phi) is 5.58. The molecule has 0 fully saturated rings. The minimum Gasteiger partial charge on any atom is -0.508 e. The minimum absolute atomic E-state index is 0.0814. The van der Waals surface area contributed by atoms with E-state index in [1.54, 1.807) is 23.1 Å². The second kappa shape index (κ2) is 7.42. The third kappa shape index (κ3) is 5.02. The molecule has 1 amide bonds. The van der Waals surface area contributed by atoms with Crippen molar-refractivity contribution in [1.82, 2.24) is 4.98 Å². The van der Waals surface area contributed by atoms with E-state index in [1.807, 2.05) is 12.3 Å². The first kappa shape index (κ1) is 15.8. The van der Waals surface area contributed by atoms with Gasteiger partial charge in [0.2, 0.25) is 5.91 Å². The van der Waals surface area contributed by atoms with Gasteiger partial charge < -0.3 is 10.4 Å². The van der Waals surface area contributed by atoms with E-state index in [4.69, 9.17) is 5.11 Å². The number of carbonyl (C=O) groups excluding carboxylic acids is 1. The first-order chi connectivity index (χ1) is 10.0. The van der Waals surface area contributed by atoms with E-state index in [2.05, 4.69) is 10.3 Å². The molecule has 2 rings (SSSR count). The number of halogens is 1. The molecule has 0 unspecified atom stereocenters. The number of hydrogen-bond donors (Lipinski definition) is 2. The molecule has 1 heterocycles. The van der Waals surface area contributed by atoms with Gasteiger partial charge in [-0.3, -0.25) is 4.79 Å². The Morgan fingerprint density at radius 3 is 3.00 bits per heavy atom. The van der Waals surface area contributed by atoms with E-state index >= 15 is 0 Å². The van der Waals surface area contributed by atoms with Crippen molar-refractivity contribution in [3.8, 4) is 5.75 Å². The number of anilines is 1. The minimum atomic E-state index is -0.644. The summed E-state index contributed by atoms with van der Waals surface area (Å²) in [5.41, 5.74) is 1.10. The van der Waals surface area contributed by atoms with Crippen LogP contribution >= 0.6 is 23.1 Å². The van der Waals surface area contributed by atoms with Crippen molar-refractivity contribution in [2.24, 2.45) is 0 Å². The maximum atomic E-state index is 13.4. The Morgan fingerprint density at radius 2 is 2.33 bits per heavy atom. The summed E-state index contributed by atoms with van der Waals surface area (Å²) in [4.78, 5) is 16.0. The summed E-state index contributed by atoms with van der Waals surface area (Å²) in [6.45, 7) is 1.96. The number of amides is 1. The highest BCUT2D eigenvalue weighted by atomic mass is 32.2. The lowest BCUT2D eigenvalue weighted by Gasteiger charge is -2.06. The predicted molar refractivity (Wildman–Crippen MR) is 84.3 cm³/mol. The molecule has 0 saturated heterocycles. The van der Waals surface area contributed by atoms with Gasteiger partial charge in [0.05, 0.1) is 16.4 Å². The summed E-state index contributed by atoms with van der Waals surface area (Å²) in [6, 6.07) is 3.64. The zero-order valence-corrected chi connectivity index (χ0v) is 13.1. The number of aryl methyl sites for hydroxylation is 1. The molecule has 2 aromatic rings. The van der Waals surface area contributed by atoms with Crippen molar-refractivity contribution >= 4 is 34.7 Å². The molecule has 7 heteroatoms. The van der Waals surface area contributed by atoms with Crippen LogP contribution in [0.5, 0.6) is 5.75 Å². The third-order valence-corrected chi connectivity index (χ3v) is 4.43. The first-order valence-electron chi connectivity index (χ1n) is 6.31. The fourth-order valence-electron chi connectivity index (χ4n) is 1.63. The topological polar surface area (TPSA) is 62.2 Å². The van der Waals surface area contributed by atoms with Crippen molar-refractivity contribution in [2.75, 3.05) is 11.1 Å². The average molecular weight is 326 g/mol. The lowest BCUT2D eigenvalue weighted by Crippen LogP contribution is -2.13. The fraction of sp³-hybridized carbons (Fsp3) is 0.286. The van der Waals surface area contributed by atoms with Gasteiger partial charge in [-0.2, -0.15) is 11.8 Å². The number of phenols is 1. The van der Waals surface area contributed by atoms with Crippen molar-refractivity contribution in [3.63, 3.8) is 0 Å². The number of aromatic hydroxyl groups is 1. The number of carbonyl (C=O) groups is 1. The average Bonchev–Trinajstić information content (AvgIpc) is 2.84. The Hall–Kier alpha value is -1.60. The van der Waals surface area contributed by atoms with Crippen LogP contribution in [-0.2, 0) is 10.5 Å². The molecule has 1 aromatic heterocycles. The highest BCUT2D eigenvalue weighted by Gasteiger charge is 2.08. The van der Waals surface area contributed by atoms with Crippen LogP contribution in [0.4, 0.5) is 10.1 Å². The van der Waals surface area contributed by atoms with Crippen molar-refractivity contribution in [2.45, 2.75) is 19.1 Å². The molecule has 112 valence electrons. The molecule has 0 aliphatic heterocycles. The number of nitrogens with zero attached hydrogens (tertiary/aromatic N) is 1. The zero-order valence-electron chi connectivity index (χ0n) is 11.4. The van der Waals surface area contributed by atoms with Gasteiger partial charge in [0.15, 0.2) is 0 Å². The summed E-state index contributed by atoms with van der Waals surface area (Å²) in [5.74, 6) is 0.350. The molecule has 1 aromatic carbocycles. The predicted octanol–water partition coefficient (Wildman–Crippen LogP) is 3.56. The van der Waals surface area contributed by atoms with Gasteiger partial charge in [0, 0.05) is 29.4 Å². The number of aromatic nitrogens is 1. The fourth-order valence-corrected chi connectivity index (χ4v) is 3.18. The number of nitrogens with one attached hydrogen (secondary N) is 1. The summed E-state index contributed by atoms with van der Waals surface area (Å²) >= 11 is 3.22. The number of thioether (sulfide) groups is 1. The highest BCUT2D eigenvalue weighted by Crippen LogP contribution is 2.20. The molecule has 0 atom stereocenters. The second-order valence-electron chi connectivity index (χ2n) is 4.37. The Balaban J connectivity index is 1.72. The van der Waals surface area contributed by atoms with E-state index in [1.165, 1.54) is 12.1 Å². The quantitative estimate of drug-likeness (QED) is 0.629. The van der Waals surface area contributed by atoms with Crippen molar-refractivity contribution in [1.29, 1.82) is 0 Å². The molecule has 4 nitrogen and oxygen atoms in total. The summed E-state index contributed by atoms with van der Waals surface area (Å²) in [5, 5.41) is 14.6. The van der Waals surface area contributed by atoms with Crippen LogP contribution in [0.3, 0.4) is 0 Å². The van der Waals surface area contributed by atoms with Crippen LogP contribution in [0.25, 0.3) is 0 Å². The maximum absolute atomic E-state index is 13.4. The van der Waals surface area contributed by atoms with Gasteiger partial charge in [-0.25, -0.2) is 9.37 Å². The Labute approximate surface area is 130 Å². The van der Waals surface area contributed by atoms with Crippen LogP contribution in [0, 0.1) is 12.7 Å². The molecule has 21 heavy (non-hydrogen) atoms. The van der Waals surface area contributed by atoms with Crippen LogP contribution in [0.1, 0.15) is 17.1 Å². The molecule has 0 bridgehead atoms. The molecule has 0 spiro atoms. The monoisotopic (exact) mass is 326 g/mol. The maximum Gasteiger partial charge on any atom is 0.225 e. The van der Waals surface area contributed by atoms with Crippen LogP contribution in [-0.4, -0.2) is 21.8 Å². The summed E-state index contributed by atoms with van der Waals surface area (Å²) in [6.07, 6.45) is 0.300. The van der Waals surface area contributed by atoms with Gasteiger partial charge in [0.25, 0.3) is 0 Å². The molecular weight excluding hydrogens is 311 g/mol.